The second kappa shape index (κ2) is 5.05. The van der Waals surface area contributed by atoms with Gasteiger partial charge in [0.2, 0.25) is 0 Å². The van der Waals surface area contributed by atoms with Gasteiger partial charge in [-0.3, -0.25) is 4.79 Å². The minimum Gasteiger partial charge on any atom is -0.341 e. The van der Waals surface area contributed by atoms with E-state index in [4.69, 9.17) is 0 Å². The molecule has 0 saturated carbocycles. The summed E-state index contributed by atoms with van der Waals surface area (Å²) >= 11 is 1.53. The number of aryl methyl sites for hydroxylation is 1. The first-order chi connectivity index (χ1) is 8.22. The Balaban J connectivity index is 2.10. The lowest BCUT2D eigenvalue weighted by Crippen LogP contribution is -2.28. The average Bonchev–Trinajstić information content (AvgIpc) is 2.96. The molecule has 2 rings (SSSR count). The number of aromatic nitrogens is 4. The van der Waals surface area contributed by atoms with E-state index < -0.39 is 0 Å². The molecule has 0 aliphatic heterocycles. The van der Waals surface area contributed by atoms with Gasteiger partial charge in [-0.25, -0.2) is 4.98 Å². The van der Waals surface area contributed by atoms with Crippen molar-refractivity contribution in [3.63, 3.8) is 0 Å². The Morgan fingerprint density at radius 1 is 1.59 bits per heavy atom. The highest BCUT2D eigenvalue weighted by Crippen LogP contribution is 2.19. The number of aromatic amines is 1. The molecule has 0 aromatic carbocycles. The van der Waals surface area contributed by atoms with Gasteiger partial charge in [0.25, 0.3) is 5.91 Å². The summed E-state index contributed by atoms with van der Waals surface area (Å²) in [6.07, 6.45) is 2.52. The Morgan fingerprint density at radius 2 is 2.41 bits per heavy atom. The Labute approximate surface area is 102 Å². The summed E-state index contributed by atoms with van der Waals surface area (Å²) in [5.74, 6) is -0.224. The van der Waals surface area contributed by atoms with Gasteiger partial charge in [0.15, 0.2) is 5.69 Å². The third-order valence-electron chi connectivity index (χ3n) is 2.40. The van der Waals surface area contributed by atoms with Gasteiger partial charge >= 0.3 is 0 Å². The zero-order valence-corrected chi connectivity index (χ0v) is 10.4. The zero-order chi connectivity index (χ0) is 12.3. The van der Waals surface area contributed by atoms with E-state index in [1.54, 1.807) is 13.1 Å². The number of hydrogen-bond donors (Lipinski definition) is 2. The van der Waals surface area contributed by atoms with Crippen molar-refractivity contribution in [1.29, 1.82) is 0 Å². The fraction of sp³-hybridized carbons (Fsp3) is 0.400. The highest BCUT2D eigenvalue weighted by Gasteiger charge is 2.19. The van der Waals surface area contributed by atoms with Crippen molar-refractivity contribution in [2.75, 3.05) is 0 Å². The Bertz CT molecular complexity index is 493. The van der Waals surface area contributed by atoms with Crippen molar-refractivity contribution in [3.8, 4) is 0 Å². The summed E-state index contributed by atoms with van der Waals surface area (Å²) in [5, 5.41) is 15.8. The summed E-state index contributed by atoms with van der Waals surface area (Å²) in [7, 11) is 0. The second-order valence-corrected chi connectivity index (χ2v) is 4.49. The van der Waals surface area contributed by atoms with E-state index in [1.165, 1.54) is 11.3 Å². The van der Waals surface area contributed by atoms with Crippen LogP contribution >= 0.6 is 11.3 Å². The number of thiazole rings is 1. The van der Waals surface area contributed by atoms with E-state index >= 15 is 0 Å². The van der Waals surface area contributed by atoms with Crippen molar-refractivity contribution < 1.29 is 4.79 Å². The molecule has 0 aliphatic rings. The van der Waals surface area contributed by atoms with E-state index in [9.17, 15) is 4.79 Å². The Hall–Kier alpha value is -1.76. The maximum Gasteiger partial charge on any atom is 0.274 e. The van der Waals surface area contributed by atoms with Gasteiger partial charge in [-0.1, -0.05) is 6.92 Å². The summed E-state index contributed by atoms with van der Waals surface area (Å²) in [6.45, 7) is 3.74. The predicted molar refractivity (Wildman–Crippen MR) is 63.7 cm³/mol. The highest BCUT2D eigenvalue weighted by atomic mass is 32.1. The fourth-order valence-corrected chi connectivity index (χ4v) is 2.24. The number of amides is 1. The van der Waals surface area contributed by atoms with Crippen molar-refractivity contribution in [3.05, 3.63) is 28.0 Å². The lowest BCUT2D eigenvalue weighted by atomic mass is 10.2. The largest absolute Gasteiger partial charge is 0.341 e. The number of rotatable bonds is 4. The zero-order valence-electron chi connectivity index (χ0n) is 9.60. The fourth-order valence-electron chi connectivity index (χ4n) is 1.47. The molecule has 17 heavy (non-hydrogen) atoms. The molecule has 2 aromatic heterocycles. The van der Waals surface area contributed by atoms with E-state index in [2.05, 4.69) is 25.7 Å². The van der Waals surface area contributed by atoms with Crippen LogP contribution in [0.5, 0.6) is 0 Å². The summed E-state index contributed by atoms with van der Waals surface area (Å²) in [4.78, 5) is 16.1. The molecule has 2 N–H and O–H groups in total. The molecule has 2 aromatic rings. The molecule has 2 heterocycles. The summed E-state index contributed by atoms with van der Waals surface area (Å²) in [5.41, 5.74) is 0.927. The summed E-state index contributed by atoms with van der Waals surface area (Å²) in [6, 6.07) is -0.0707. The molecular formula is C10H13N5OS. The first kappa shape index (κ1) is 11.7. The molecular weight excluding hydrogens is 238 g/mol. The average molecular weight is 251 g/mol. The molecule has 0 aliphatic carbocycles. The molecule has 0 radical (unpaired) electrons. The van der Waals surface area contributed by atoms with Crippen molar-refractivity contribution in [2.24, 2.45) is 0 Å². The first-order valence-corrected chi connectivity index (χ1v) is 6.18. The van der Waals surface area contributed by atoms with Gasteiger partial charge in [0.05, 0.1) is 11.7 Å². The Kier molecular flexibility index (Phi) is 3.48. The quantitative estimate of drug-likeness (QED) is 0.861. The van der Waals surface area contributed by atoms with Gasteiger partial charge in [0.1, 0.15) is 5.01 Å². The number of nitrogens with zero attached hydrogens (tertiary/aromatic N) is 3. The molecule has 1 atom stereocenters. The maximum absolute atomic E-state index is 11.9. The van der Waals surface area contributed by atoms with Gasteiger partial charge in [0, 0.05) is 11.6 Å². The number of hydrogen-bond acceptors (Lipinski definition) is 5. The summed E-state index contributed by atoms with van der Waals surface area (Å²) < 4.78 is 0. The van der Waals surface area contributed by atoms with E-state index in [1.807, 2.05) is 12.3 Å². The molecule has 90 valence electrons. The monoisotopic (exact) mass is 251 g/mol. The van der Waals surface area contributed by atoms with Crippen LogP contribution in [-0.4, -0.2) is 26.3 Å². The Morgan fingerprint density at radius 3 is 2.94 bits per heavy atom. The van der Waals surface area contributed by atoms with Gasteiger partial charge < -0.3 is 5.32 Å². The van der Waals surface area contributed by atoms with E-state index in [0.29, 0.717) is 11.4 Å². The topological polar surface area (TPSA) is 83.6 Å². The van der Waals surface area contributed by atoms with Crippen LogP contribution in [0.4, 0.5) is 0 Å². The van der Waals surface area contributed by atoms with Crippen molar-refractivity contribution in [1.82, 2.24) is 25.7 Å². The minimum atomic E-state index is -0.224. The number of H-pyrrole nitrogens is 1. The van der Waals surface area contributed by atoms with Crippen LogP contribution in [0.25, 0.3) is 0 Å². The molecule has 0 fully saturated rings. The molecule has 6 nitrogen and oxygen atoms in total. The number of carbonyl (C=O) groups is 1. The molecule has 1 amide bonds. The highest BCUT2D eigenvalue weighted by molar-refractivity contribution is 7.09. The standard InChI is InChI=1S/C10H13N5OS/c1-3-7(10-11-4-5-17-10)12-9(16)8-6(2)13-15-14-8/h4-5,7H,3H2,1-2H3,(H,12,16)(H,13,14,15)/t7-/m1/s1. The normalized spacial score (nSPS) is 12.4. The first-order valence-electron chi connectivity index (χ1n) is 5.30. The van der Waals surface area contributed by atoms with Gasteiger partial charge in [-0.15, -0.1) is 11.3 Å². The van der Waals surface area contributed by atoms with Crippen LogP contribution in [0.2, 0.25) is 0 Å². The third kappa shape index (κ3) is 2.50. The third-order valence-corrected chi connectivity index (χ3v) is 3.29. The van der Waals surface area contributed by atoms with Gasteiger partial charge in [-0.2, -0.15) is 15.4 Å². The van der Waals surface area contributed by atoms with Crippen LogP contribution < -0.4 is 5.32 Å². The van der Waals surface area contributed by atoms with Crippen LogP contribution in [0.15, 0.2) is 11.6 Å². The van der Waals surface area contributed by atoms with E-state index in [-0.39, 0.29) is 11.9 Å². The number of carbonyl (C=O) groups excluding carboxylic acids is 1. The molecule has 0 unspecified atom stereocenters. The smallest absolute Gasteiger partial charge is 0.274 e. The lowest BCUT2D eigenvalue weighted by molar-refractivity contribution is 0.0929. The predicted octanol–water partition coefficient (Wildman–Crippen LogP) is 1.45. The van der Waals surface area contributed by atoms with Crippen molar-refractivity contribution in [2.45, 2.75) is 26.3 Å². The van der Waals surface area contributed by atoms with Crippen LogP contribution in [-0.2, 0) is 0 Å². The SMILES string of the molecule is CC[C@@H](NC(=O)c1n[nH]nc1C)c1nccs1. The van der Waals surface area contributed by atoms with Gasteiger partial charge in [-0.05, 0) is 13.3 Å². The maximum atomic E-state index is 11.9. The van der Waals surface area contributed by atoms with Crippen molar-refractivity contribution >= 4 is 17.2 Å². The molecule has 0 bridgehead atoms. The van der Waals surface area contributed by atoms with Crippen LogP contribution in [0, 0.1) is 6.92 Å². The second-order valence-electron chi connectivity index (χ2n) is 3.56. The minimum absolute atomic E-state index is 0.0707. The van der Waals surface area contributed by atoms with E-state index in [0.717, 1.165) is 11.4 Å². The number of nitrogens with one attached hydrogen (secondary N) is 2. The molecule has 0 spiro atoms. The lowest BCUT2D eigenvalue weighted by Gasteiger charge is -2.13. The van der Waals surface area contributed by atoms with Crippen LogP contribution in [0.1, 0.15) is 40.6 Å². The molecule has 7 heteroatoms. The molecule has 0 saturated heterocycles. The van der Waals surface area contributed by atoms with Crippen LogP contribution in [0.3, 0.4) is 0 Å².